The molecule has 2 aromatic rings. The topological polar surface area (TPSA) is 12.0 Å². The summed E-state index contributed by atoms with van der Waals surface area (Å²) in [5.74, 6) is 0. The molecular weight excluding hydrogens is 468 g/mol. The van der Waals surface area contributed by atoms with Crippen LogP contribution in [0.15, 0.2) is 28.7 Å². The average molecular weight is 477 g/mol. The summed E-state index contributed by atoms with van der Waals surface area (Å²) in [4.78, 5) is 1.16. The molecule has 0 aliphatic rings. The Balaban J connectivity index is 2.41. The summed E-state index contributed by atoms with van der Waals surface area (Å²) < 4.78 is 2.75. The van der Waals surface area contributed by atoms with Crippen molar-refractivity contribution < 1.29 is 0 Å². The molecule has 1 aromatic carbocycles. The largest absolute Gasteiger partial charge is 0.309 e. The van der Waals surface area contributed by atoms with Gasteiger partial charge in [-0.3, -0.25) is 0 Å². The van der Waals surface area contributed by atoms with E-state index in [0.717, 1.165) is 27.8 Å². The lowest BCUT2D eigenvalue weighted by atomic mass is 10.1. The van der Waals surface area contributed by atoms with Crippen molar-refractivity contribution in [3.63, 3.8) is 0 Å². The quantitative estimate of drug-likeness (QED) is 0.558. The molecule has 0 radical (unpaired) electrons. The number of hydrogen-bond acceptors (Lipinski definition) is 2. The number of benzene rings is 1. The molecule has 1 nitrogen and oxygen atoms in total. The number of hydrogen-bond donors (Lipinski definition) is 1. The van der Waals surface area contributed by atoms with Crippen LogP contribution in [-0.4, -0.2) is 7.05 Å². The fourth-order valence-corrected chi connectivity index (χ4v) is 4.07. The lowest BCUT2D eigenvalue weighted by Gasteiger charge is -2.15. The third-order valence-electron chi connectivity index (χ3n) is 2.51. The zero-order valence-corrected chi connectivity index (χ0v) is 15.4. The van der Waals surface area contributed by atoms with E-state index in [-0.39, 0.29) is 6.04 Å². The number of nitrogens with one attached hydrogen (secondary N) is 1. The van der Waals surface area contributed by atoms with Crippen LogP contribution in [0.2, 0.25) is 9.36 Å². The fourth-order valence-electron chi connectivity index (χ4n) is 1.67. The molecule has 1 N–H and O–H groups in total. The smallest absolute Gasteiger partial charge is 0.107 e. The summed E-state index contributed by atoms with van der Waals surface area (Å²) in [6, 6.07) is 8.24. The highest BCUT2D eigenvalue weighted by molar-refractivity contribution is 14.1. The van der Waals surface area contributed by atoms with E-state index in [9.17, 15) is 0 Å². The summed E-state index contributed by atoms with van der Waals surface area (Å²) in [5.41, 5.74) is 1.13. The third kappa shape index (κ3) is 3.22. The molecule has 0 aliphatic carbocycles. The van der Waals surface area contributed by atoms with Gasteiger partial charge in [-0.15, -0.1) is 11.3 Å². The predicted octanol–water partition coefficient (Wildman–Crippen LogP) is 5.73. The first-order chi connectivity index (χ1) is 8.52. The number of thiophene rings is 1. The normalized spacial score (nSPS) is 12.7. The van der Waals surface area contributed by atoms with Gasteiger partial charge in [0.25, 0.3) is 0 Å². The van der Waals surface area contributed by atoms with Crippen molar-refractivity contribution in [2.24, 2.45) is 0 Å². The van der Waals surface area contributed by atoms with Crippen molar-refractivity contribution in [3.05, 3.63) is 52.1 Å². The Morgan fingerprint density at radius 3 is 2.56 bits per heavy atom. The van der Waals surface area contributed by atoms with E-state index in [2.05, 4.69) is 49.9 Å². The molecule has 0 aliphatic heterocycles. The van der Waals surface area contributed by atoms with Crippen LogP contribution in [0.3, 0.4) is 0 Å². The van der Waals surface area contributed by atoms with E-state index in [4.69, 9.17) is 23.2 Å². The Hall–Kier alpha value is 0.670. The second-order valence-corrected chi connectivity index (χ2v) is 7.78. The van der Waals surface area contributed by atoms with E-state index in [1.165, 1.54) is 0 Å². The van der Waals surface area contributed by atoms with Crippen LogP contribution in [-0.2, 0) is 0 Å². The molecule has 0 fully saturated rings. The molecule has 0 amide bonds. The summed E-state index contributed by atoms with van der Waals surface area (Å²) in [7, 11) is 1.93. The summed E-state index contributed by atoms with van der Waals surface area (Å²) in [6.07, 6.45) is 0. The van der Waals surface area contributed by atoms with Gasteiger partial charge in [-0.1, -0.05) is 29.3 Å². The van der Waals surface area contributed by atoms with E-state index >= 15 is 0 Å². The second-order valence-electron chi connectivity index (χ2n) is 3.67. The lowest BCUT2D eigenvalue weighted by molar-refractivity contribution is 0.703. The Morgan fingerprint density at radius 1 is 1.33 bits per heavy atom. The van der Waals surface area contributed by atoms with Crippen LogP contribution in [0, 0.1) is 3.57 Å². The number of halogens is 4. The van der Waals surface area contributed by atoms with Gasteiger partial charge in [0.05, 0.1) is 11.1 Å². The highest BCUT2D eigenvalue weighted by Crippen LogP contribution is 2.37. The van der Waals surface area contributed by atoms with Gasteiger partial charge in [0, 0.05) is 12.9 Å². The minimum Gasteiger partial charge on any atom is -0.309 e. The Morgan fingerprint density at radius 2 is 2.06 bits per heavy atom. The van der Waals surface area contributed by atoms with Gasteiger partial charge in [0.1, 0.15) is 4.34 Å². The molecule has 6 heteroatoms. The van der Waals surface area contributed by atoms with Crippen molar-refractivity contribution in [2.45, 2.75) is 6.04 Å². The van der Waals surface area contributed by atoms with Crippen molar-refractivity contribution >= 4 is 73.1 Å². The van der Waals surface area contributed by atoms with E-state index < -0.39 is 0 Å². The molecule has 0 bridgehead atoms. The van der Waals surface area contributed by atoms with Crippen LogP contribution in [0.5, 0.6) is 0 Å². The van der Waals surface area contributed by atoms with Gasteiger partial charge in [-0.2, -0.15) is 0 Å². The van der Waals surface area contributed by atoms with Crippen LogP contribution in [0.4, 0.5) is 0 Å². The summed E-state index contributed by atoms with van der Waals surface area (Å²) in [5, 5.41) is 4.06. The molecular formula is C12H9BrCl2INS. The molecule has 0 saturated heterocycles. The van der Waals surface area contributed by atoms with E-state index in [1.807, 2.05) is 25.2 Å². The van der Waals surface area contributed by atoms with E-state index in [1.54, 1.807) is 11.3 Å². The first kappa shape index (κ1) is 15.1. The van der Waals surface area contributed by atoms with Gasteiger partial charge in [-0.25, -0.2) is 0 Å². The maximum absolute atomic E-state index is 6.17. The van der Waals surface area contributed by atoms with Crippen LogP contribution in [0.1, 0.15) is 16.5 Å². The number of rotatable bonds is 3. The van der Waals surface area contributed by atoms with Crippen molar-refractivity contribution in [3.8, 4) is 0 Å². The zero-order valence-electron chi connectivity index (χ0n) is 9.31. The second kappa shape index (κ2) is 6.41. The van der Waals surface area contributed by atoms with Crippen LogP contribution < -0.4 is 5.32 Å². The maximum atomic E-state index is 6.17. The van der Waals surface area contributed by atoms with Gasteiger partial charge in [-0.05, 0) is 69.3 Å². The highest BCUT2D eigenvalue weighted by atomic mass is 127. The third-order valence-corrected chi connectivity index (χ3v) is 6.63. The summed E-state index contributed by atoms with van der Waals surface area (Å²) >= 11 is 19.5. The Kier molecular flexibility index (Phi) is 5.37. The van der Waals surface area contributed by atoms with Crippen molar-refractivity contribution in [2.75, 3.05) is 7.05 Å². The first-order valence-corrected chi connectivity index (χ1v) is 8.54. The van der Waals surface area contributed by atoms with Crippen molar-refractivity contribution in [1.82, 2.24) is 5.32 Å². The molecule has 0 saturated carbocycles. The molecule has 0 spiro atoms. The van der Waals surface area contributed by atoms with Crippen LogP contribution in [0.25, 0.3) is 0 Å². The maximum Gasteiger partial charge on any atom is 0.107 e. The minimum absolute atomic E-state index is 0.105. The predicted molar refractivity (Wildman–Crippen MR) is 92.1 cm³/mol. The molecule has 1 unspecified atom stereocenters. The van der Waals surface area contributed by atoms with Gasteiger partial charge in [0.15, 0.2) is 0 Å². The molecule has 1 aromatic heterocycles. The van der Waals surface area contributed by atoms with Gasteiger partial charge >= 0.3 is 0 Å². The first-order valence-electron chi connectivity index (χ1n) is 5.10. The Labute approximate surface area is 142 Å². The molecule has 1 heterocycles. The van der Waals surface area contributed by atoms with Gasteiger partial charge in [0.2, 0.25) is 0 Å². The zero-order chi connectivity index (χ0) is 13.3. The Bertz CT molecular complexity index is 554. The van der Waals surface area contributed by atoms with Gasteiger partial charge < -0.3 is 5.32 Å². The monoisotopic (exact) mass is 475 g/mol. The fraction of sp³-hybridized carbons (Fsp3) is 0.167. The average Bonchev–Trinajstić information content (AvgIpc) is 2.65. The molecule has 1 atom stereocenters. The standard InChI is InChI=1S/C12H9BrCl2INS/c1-17-11(10-5-7(13)12(15)18-10)6-2-3-9(16)8(14)4-6/h2-5,11,17H,1H3. The van der Waals surface area contributed by atoms with Crippen molar-refractivity contribution in [1.29, 1.82) is 0 Å². The minimum atomic E-state index is 0.105. The van der Waals surface area contributed by atoms with Crippen LogP contribution >= 0.6 is 73.1 Å². The lowest BCUT2D eigenvalue weighted by Crippen LogP contribution is -2.16. The highest BCUT2D eigenvalue weighted by Gasteiger charge is 2.17. The molecule has 2 rings (SSSR count). The summed E-state index contributed by atoms with van der Waals surface area (Å²) in [6.45, 7) is 0. The SMILES string of the molecule is CNC(c1ccc(I)c(Cl)c1)c1cc(Br)c(Cl)s1. The molecule has 18 heavy (non-hydrogen) atoms. The molecule has 96 valence electrons. The van der Waals surface area contributed by atoms with E-state index in [0.29, 0.717) is 0 Å².